The summed E-state index contributed by atoms with van der Waals surface area (Å²) in [4.78, 5) is 14.9. The van der Waals surface area contributed by atoms with Crippen molar-refractivity contribution in [1.82, 2.24) is 4.98 Å². The van der Waals surface area contributed by atoms with Gasteiger partial charge in [-0.15, -0.1) is 0 Å². The number of hydrogen-bond acceptors (Lipinski definition) is 4. The van der Waals surface area contributed by atoms with Gasteiger partial charge >= 0.3 is 5.97 Å². The highest BCUT2D eigenvalue weighted by molar-refractivity contribution is 6.30. The van der Waals surface area contributed by atoms with Gasteiger partial charge in [-0.1, -0.05) is 11.6 Å². The Morgan fingerprint density at radius 3 is 2.83 bits per heavy atom. The van der Waals surface area contributed by atoms with Crippen molar-refractivity contribution in [3.8, 4) is 6.07 Å². The van der Waals surface area contributed by atoms with Crippen LogP contribution in [0.2, 0.25) is 5.15 Å². The molecule has 0 saturated heterocycles. The summed E-state index contributed by atoms with van der Waals surface area (Å²) >= 11 is 5.56. The van der Waals surface area contributed by atoms with Gasteiger partial charge in [0.2, 0.25) is 0 Å². The van der Waals surface area contributed by atoms with Crippen LogP contribution < -0.4 is 0 Å². The number of carbonyl (C=O) groups excluding carboxylic acids is 1. The Hall–Kier alpha value is -1.74. The summed E-state index contributed by atoms with van der Waals surface area (Å²) in [7, 11) is 0. The zero-order chi connectivity index (χ0) is 13.7. The zero-order valence-corrected chi connectivity index (χ0v) is 10.2. The van der Waals surface area contributed by atoms with E-state index in [0.29, 0.717) is 0 Å². The van der Waals surface area contributed by atoms with Gasteiger partial charge in [-0.2, -0.15) is 5.26 Å². The monoisotopic (exact) mass is 274 g/mol. The second-order valence-corrected chi connectivity index (χ2v) is 3.61. The second-order valence-electron chi connectivity index (χ2n) is 3.26. The van der Waals surface area contributed by atoms with Crippen molar-refractivity contribution in [2.45, 2.75) is 19.8 Å². The van der Waals surface area contributed by atoms with E-state index >= 15 is 0 Å². The van der Waals surface area contributed by atoms with Crippen molar-refractivity contribution in [2.24, 2.45) is 0 Å². The summed E-state index contributed by atoms with van der Waals surface area (Å²) in [5.41, 5.74) is -0.603. The fraction of sp³-hybridized carbons (Fsp3) is 0.364. The zero-order valence-electron chi connectivity index (χ0n) is 9.41. The molecule has 0 aliphatic heterocycles. The van der Waals surface area contributed by atoms with E-state index in [1.54, 1.807) is 13.0 Å². The number of esters is 1. The highest BCUT2D eigenvalue weighted by atomic mass is 35.5. The lowest BCUT2D eigenvalue weighted by Crippen LogP contribution is -2.11. The van der Waals surface area contributed by atoms with Crippen molar-refractivity contribution >= 4 is 17.6 Å². The predicted molar refractivity (Wildman–Crippen MR) is 59.3 cm³/mol. The Bertz CT molecular complexity index is 501. The first kappa shape index (κ1) is 14.3. The normalized spacial score (nSPS) is 10.2. The van der Waals surface area contributed by atoms with Gasteiger partial charge in [0.05, 0.1) is 29.8 Å². The number of ether oxygens (including phenoxy) is 1. The van der Waals surface area contributed by atoms with Gasteiger partial charge < -0.3 is 4.74 Å². The maximum Gasteiger partial charge on any atom is 0.311 e. The van der Waals surface area contributed by atoms with Crippen molar-refractivity contribution < 1.29 is 18.3 Å². The minimum atomic E-state index is -2.83. The van der Waals surface area contributed by atoms with Crippen LogP contribution in [0.3, 0.4) is 0 Å². The van der Waals surface area contributed by atoms with E-state index in [1.807, 2.05) is 0 Å². The summed E-state index contributed by atoms with van der Waals surface area (Å²) in [6.07, 6.45) is -3.10. The second kappa shape index (κ2) is 6.26. The van der Waals surface area contributed by atoms with E-state index in [4.69, 9.17) is 16.9 Å². The minimum absolute atomic E-state index is 0.0327. The quantitative estimate of drug-likeness (QED) is 0.625. The minimum Gasteiger partial charge on any atom is -0.466 e. The third kappa shape index (κ3) is 3.37. The van der Waals surface area contributed by atoms with Gasteiger partial charge in [0.1, 0.15) is 11.2 Å². The van der Waals surface area contributed by atoms with Gasteiger partial charge in [0, 0.05) is 0 Å². The molecule has 0 N–H and O–H groups in total. The van der Waals surface area contributed by atoms with Crippen LogP contribution in [0.5, 0.6) is 0 Å². The summed E-state index contributed by atoms with van der Waals surface area (Å²) in [6, 6.07) is 2.64. The third-order valence-electron chi connectivity index (χ3n) is 2.05. The van der Waals surface area contributed by atoms with Crippen molar-refractivity contribution in [3.63, 3.8) is 0 Å². The molecule has 4 nitrogen and oxygen atoms in total. The Labute approximate surface area is 107 Å². The number of hydrogen-bond donors (Lipinski definition) is 0. The van der Waals surface area contributed by atoms with Crippen molar-refractivity contribution in [2.75, 3.05) is 6.61 Å². The Kier molecular flexibility index (Phi) is 4.98. The van der Waals surface area contributed by atoms with Crippen molar-refractivity contribution in [3.05, 3.63) is 28.0 Å². The number of alkyl halides is 2. The molecule has 96 valence electrons. The number of halogens is 3. The summed E-state index contributed by atoms with van der Waals surface area (Å²) in [5, 5.41) is 8.41. The first-order chi connectivity index (χ1) is 8.49. The van der Waals surface area contributed by atoms with Gasteiger partial charge in [-0.3, -0.25) is 4.79 Å². The Morgan fingerprint density at radius 2 is 2.33 bits per heavy atom. The fourth-order valence-corrected chi connectivity index (χ4v) is 1.51. The molecule has 0 bridgehead atoms. The van der Waals surface area contributed by atoms with Crippen molar-refractivity contribution in [1.29, 1.82) is 5.26 Å². The van der Waals surface area contributed by atoms with Gasteiger partial charge in [0.15, 0.2) is 0 Å². The summed E-state index contributed by atoms with van der Waals surface area (Å²) in [6.45, 7) is 1.81. The molecule has 1 heterocycles. The number of carbonyl (C=O) groups is 1. The highest BCUT2D eigenvalue weighted by Gasteiger charge is 2.19. The molecule has 0 aliphatic carbocycles. The number of nitriles is 1. The molecule has 0 spiro atoms. The van der Waals surface area contributed by atoms with Crippen LogP contribution in [0.4, 0.5) is 8.78 Å². The average molecular weight is 275 g/mol. The maximum atomic E-state index is 12.5. The average Bonchev–Trinajstić information content (AvgIpc) is 2.29. The molecule has 0 aromatic carbocycles. The summed E-state index contributed by atoms with van der Waals surface area (Å²) < 4.78 is 29.8. The number of rotatable bonds is 4. The van der Waals surface area contributed by atoms with Crippen LogP contribution in [0.15, 0.2) is 6.07 Å². The number of nitrogens with zero attached hydrogens (tertiary/aromatic N) is 2. The standard InChI is InChI=1S/C11H9ClF2N2O2/c1-2-18-9(17)4-8-6(5-15)3-7(11(13)14)10(12)16-8/h3,11H,2,4H2,1H3. The topological polar surface area (TPSA) is 63.0 Å². The SMILES string of the molecule is CCOC(=O)Cc1nc(Cl)c(C(F)F)cc1C#N. The van der Waals surface area contributed by atoms with E-state index in [-0.39, 0.29) is 24.3 Å². The predicted octanol–water partition coefficient (Wildman–Crippen LogP) is 2.65. The Balaban J connectivity index is 3.10. The largest absolute Gasteiger partial charge is 0.466 e. The van der Waals surface area contributed by atoms with Crippen LogP contribution in [-0.2, 0) is 16.0 Å². The lowest BCUT2D eigenvalue weighted by molar-refractivity contribution is -0.142. The van der Waals surface area contributed by atoms with Gasteiger partial charge in [-0.05, 0) is 13.0 Å². The molecule has 0 aliphatic rings. The van der Waals surface area contributed by atoms with Crippen LogP contribution >= 0.6 is 11.6 Å². The molecule has 7 heteroatoms. The molecule has 0 amide bonds. The number of aromatic nitrogens is 1. The molecule has 0 atom stereocenters. The molecule has 0 fully saturated rings. The maximum absolute atomic E-state index is 12.5. The summed E-state index contributed by atoms with van der Waals surface area (Å²) in [5.74, 6) is -0.595. The first-order valence-electron chi connectivity index (χ1n) is 5.02. The lowest BCUT2D eigenvalue weighted by atomic mass is 10.1. The molecule has 0 saturated carbocycles. The van der Waals surface area contributed by atoms with Gasteiger partial charge in [-0.25, -0.2) is 13.8 Å². The van der Waals surface area contributed by atoms with Crippen LogP contribution in [0, 0.1) is 11.3 Å². The molecule has 0 radical (unpaired) electrons. The number of pyridine rings is 1. The molecule has 1 rings (SSSR count). The van der Waals surface area contributed by atoms with Crippen LogP contribution in [0.1, 0.15) is 30.2 Å². The van der Waals surface area contributed by atoms with Crippen LogP contribution in [0.25, 0.3) is 0 Å². The van der Waals surface area contributed by atoms with Gasteiger partial charge in [0.25, 0.3) is 6.43 Å². The molecular formula is C11H9ClF2N2O2. The van der Waals surface area contributed by atoms with E-state index in [9.17, 15) is 13.6 Å². The van der Waals surface area contributed by atoms with E-state index in [2.05, 4.69) is 9.72 Å². The highest BCUT2D eigenvalue weighted by Crippen LogP contribution is 2.27. The third-order valence-corrected chi connectivity index (χ3v) is 2.36. The molecule has 0 unspecified atom stereocenters. The van der Waals surface area contributed by atoms with E-state index < -0.39 is 23.1 Å². The van der Waals surface area contributed by atoms with Crippen LogP contribution in [-0.4, -0.2) is 17.6 Å². The fourth-order valence-electron chi connectivity index (χ4n) is 1.27. The molecule has 18 heavy (non-hydrogen) atoms. The molecule has 1 aromatic rings. The smallest absolute Gasteiger partial charge is 0.311 e. The molecule has 1 aromatic heterocycles. The Morgan fingerprint density at radius 1 is 1.67 bits per heavy atom. The van der Waals surface area contributed by atoms with E-state index in [1.165, 1.54) is 0 Å². The molecular weight excluding hydrogens is 266 g/mol. The lowest BCUT2D eigenvalue weighted by Gasteiger charge is -2.07. The first-order valence-corrected chi connectivity index (χ1v) is 5.40. The van der Waals surface area contributed by atoms with E-state index in [0.717, 1.165) is 6.07 Å².